The Hall–Kier alpha value is -2.05. The van der Waals surface area contributed by atoms with Gasteiger partial charge in [-0.05, 0) is 19.8 Å². The van der Waals surface area contributed by atoms with E-state index in [9.17, 15) is 4.79 Å². The average Bonchev–Trinajstić information content (AvgIpc) is 2.94. The molecule has 7 heteroatoms. The molecule has 1 atom stereocenters. The molecule has 0 aliphatic rings. The van der Waals surface area contributed by atoms with Gasteiger partial charge < -0.3 is 21.2 Å². The summed E-state index contributed by atoms with van der Waals surface area (Å²) < 4.78 is 0. The van der Waals surface area contributed by atoms with Crippen molar-refractivity contribution in [2.75, 3.05) is 0 Å². The van der Waals surface area contributed by atoms with Gasteiger partial charge in [-0.15, -0.1) is 0 Å². The molecule has 1 rings (SSSR count). The number of rotatable bonds is 6. The van der Waals surface area contributed by atoms with Gasteiger partial charge in [-0.25, -0.2) is 4.98 Å². The fourth-order valence-electron chi connectivity index (χ4n) is 2.06. The number of H-pyrrole nitrogens is 1. The summed E-state index contributed by atoms with van der Waals surface area (Å²) in [7, 11) is 0. The number of imidazole rings is 1. The molecule has 0 fully saturated rings. The molecule has 0 aromatic carbocycles. The second-order valence-corrected chi connectivity index (χ2v) is 4.44. The first-order chi connectivity index (χ1) is 9.01. The van der Waals surface area contributed by atoms with Crippen LogP contribution in [0.5, 0.6) is 0 Å². The van der Waals surface area contributed by atoms with Gasteiger partial charge in [0.1, 0.15) is 11.2 Å². The van der Waals surface area contributed by atoms with Crippen LogP contribution in [0.2, 0.25) is 0 Å². The average molecular weight is 267 g/mol. The fraction of sp³-hybridized carbons (Fsp3) is 0.583. The number of amidine groups is 1. The summed E-state index contributed by atoms with van der Waals surface area (Å²) in [6.45, 7) is 5.48. The minimum Gasteiger partial charge on any atom is -0.409 e. The third-order valence-corrected chi connectivity index (χ3v) is 3.52. The van der Waals surface area contributed by atoms with Crippen LogP contribution >= 0.6 is 0 Å². The summed E-state index contributed by atoms with van der Waals surface area (Å²) in [5, 5.41) is 14.7. The number of amides is 1. The molecule has 0 radical (unpaired) electrons. The van der Waals surface area contributed by atoms with Crippen LogP contribution in [-0.2, 0) is 4.79 Å². The molecular formula is C12H21N5O2. The second-order valence-electron chi connectivity index (χ2n) is 4.44. The molecule has 0 aliphatic heterocycles. The molecule has 0 saturated heterocycles. The van der Waals surface area contributed by atoms with Crippen LogP contribution in [0, 0.1) is 5.41 Å². The summed E-state index contributed by atoms with van der Waals surface area (Å²) in [5.41, 5.74) is 4.69. The van der Waals surface area contributed by atoms with Gasteiger partial charge in [-0.1, -0.05) is 19.0 Å². The number of hydrogen-bond donors (Lipinski definition) is 4. The number of nitrogens with one attached hydrogen (secondary N) is 2. The van der Waals surface area contributed by atoms with Crippen LogP contribution in [0.3, 0.4) is 0 Å². The zero-order valence-corrected chi connectivity index (χ0v) is 11.5. The number of hydrogen-bond acceptors (Lipinski definition) is 4. The van der Waals surface area contributed by atoms with Crippen LogP contribution in [0.15, 0.2) is 17.5 Å². The Morgan fingerprint density at radius 1 is 1.63 bits per heavy atom. The highest BCUT2D eigenvalue weighted by Gasteiger charge is 2.40. The molecule has 0 aliphatic carbocycles. The molecule has 7 nitrogen and oxygen atoms in total. The summed E-state index contributed by atoms with van der Waals surface area (Å²) in [5.74, 6) is 0.326. The molecule has 1 aromatic heterocycles. The normalized spacial score (nSPS) is 14.2. The fourth-order valence-corrected chi connectivity index (χ4v) is 2.06. The summed E-state index contributed by atoms with van der Waals surface area (Å²) in [4.78, 5) is 19.4. The lowest BCUT2D eigenvalue weighted by atomic mass is 9.80. The predicted molar refractivity (Wildman–Crippen MR) is 71.6 cm³/mol. The Morgan fingerprint density at radius 3 is 2.68 bits per heavy atom. The molecule has 1 unspecified atom stereocenters. The number of aromatic nitrogens is 2. The number of carbonyl (C=O) groups is 1. The highest BCUT2D eigenvalue weighted by atomic mass is 16.4. The maximum Gasteiger partial charge on any atom is 0.234 e. The topological polar surface area (TPSA) is 116 Å². The Labute approximate surface area is 112 Å². The molecule has 0 spiro atoms. The second kappa shape index (κ2) is 6.21. The summed E-state index contributed by atoms with van der Waals surface area (Å²) in [6, 6.07) is -0.272. The van der Waals surface area contributed by atoms with Crippen molar-refractivity contribution in [3.05, 3.63) is 18.2 Å². The standard InChI is InChI=1S/C12H21N5O2/c1-4-12(5-2,10(13)17-19)11(18)16-8(3)9-14-6-7-15-9/h6-8,19H,4-5H2,1-3H3,(H2,13,17)(H,14,15)(H,16,18). The summed E-state index contributed by atoms with van der Waals surface area (Å²) >= 11 is 0. The van der Waals surface area contributed by atoms with Crippen molar-refractivity contribution < 1.29 is 10.0 Å². The molecule has 1 aromatic rings. The van der Waals surface area contributed by atoms with Gasteiger partial charge in [-0.2, -0.15) is 0 Å². The number of nitrogens with zero attached hydrogens (tertiary/aromatic N) is 2. The minimum absolute atomic E-state index is 0.0679. The van der Waals surface area contributed by atoms with E-state index in [1.165, 1.54) is 0 Å². The third-order valence-electron chi connectivity index (χ3n) is 3.52. The van der Waals surface area contributed by atoms with E-state index in [0.717, 1.165) is 0 Å². The van der Waals surface area contributed by atoms with Crippen LogP contribution in [-0.4, -0.2) is 26.9 Å². The van der Waals surface area contributed by atoms with Gasteiger partial charge in [0.05, 0.1) is 6.04 Å². The van der Waals surface area contributed by atoms with Crippen molar-refractivity contribution in [2.45, 2.75) is 39.7 Å². The lowest BCUT2D eigenvalue weighted by molar-refractivity contribution is -0.128. The first-order valence-electron chi connectivity index (χ1n) is 6.30. The van der Waals surface area contributed by atoms with Crippen LogP contribution in [0.4, 0.5) is 0 Å². The molecule has 0 bridgehead atoms. The highest BCUT2D eigenvalue weighted by molar-refractivity contribution is 6.06. The lowest BCUT2D eigenvalue weighted by Crippen LogP contribution is -2.49. The zero-order chi connectivity index (χ0) is 14.5. The Kier molecular flexibility index (Phi) is 4.91. The minimum atomic E-state index is -0.990. The van der Waals surface area contributed by atoms with Crippen LogP contribution in [0.25, 0.3) is 0 Å². The zero-order valence-electron chi connectivity index (χ0n) is 11.5. The smallest absolute Gasteiger partial charge is 0.234 e. The van der Waals surface area contributed by atoms with Crippen LogP contribution in [0.1, 0.15) is 45.5 Å². The monoisotopic (exact) mass is 267 g/mol. The van der Waals surface area contributed by atoms with Gasteiger partial charge >= 0.3 is 0 Å². The third kappa shape index (κ3) is 2.86. The van der Waals surface area contributed by atoms with E-state index in [2.05, 4.69) is 20.4 Å². The molecule has 5 N–H and O–H groups in total. The van der Waals surface area contributed by atoms with Crippen molar-refractivity contribution in [1.29, 1.82) is 0 Å². The number of carbonyl (C=O) groups excluding carboxylic acids is 1. The Morgan fingerprint density at radius 2 is 2.26 bits per heavy atom. The summed E-state index contributed by atoms with van der Waals surface area (Å²) in [6.07, 6.45) is 4.22. The Bertz CT molecular complexity index is 437. The Balaban J connectivity index is 2.90. The molecule has 0 saturated carbocycles. The van der Waals surface area contributed by atoms with Crippen molar-refractivity contribution in [3.63, 3.8) is 0 Å². The first-order valence-corrected chi connectivity index (χ1v) is 6.30. The van der Waals surface area contributed by atoms with E-state index in [1.54, 1.807) is 12.4 Å². The van der Waals surface area contributed by atoms with E-state index < -0.39 is 5.41 Å². The van der Waals surface area contributed by atoms with Crippen molar-refractivity contribution >= 4 is 11.7 Å². The van der Waals surface area contributed by atoms with Gasteiger partial charge in [-0.3, -0.25) is 4.79 Å². The quantitative estimate of drug-likeness (QED) is 0.267. The largest absolute Gasteiger partial charge is 0.409 e. The van der Waals surface area contributed by atoms with Gasteiger partial charge in [0.25, 0.3) is 0 Å². The maximum absolute atomic E-state index is 12.4. The first kappa shape index (κ1) is 15.0. The molecule has 19 heavy (non-hydrogen) atoms. The van der Waals surface area contributed by atoms with E-state index in [4.69, 9.17) is 10.9 Å². The van der Waals surface area contributed by atoms with Gasteiger partial charge in [0.2, 0.25) is 5.91 Å². The van der Waals surface area contributed by atoms with E-state index in [1.807, 2.05) is 20.8 Å². The van der Waals surface area contributed by atoms with Crippen molar-refractivity contribution in [3.8, 4) is 0 Å². The van der Waals surface area contributed by atoms with E-state index in [-0.39, 0.29) is 17.8 Å². The van der Waals surface area contributed by atoms with Gasteiger partial charge in [0, 0.05) is 12.4 Å². The number of oxime groups is 1. The number of aromatic amines is 1. The molecular weight excluding hydrogens is 246 g/mol. The molecule has 1 heterocycles. The SMILES string of the molecule is CCC(CC)(C(=O)NC(C)c1ncc[nH]1)/C(N)=N/O. The van der Waals surface area contributed by atoms with Gasteiger partial charge in [0.15, 0.2) is 5.84 Å². The molecule has 106 valence electrons. The van der Waals surface area contributed by atoms with E-state index >= 15 is 0 Å². The van der Waals surface area contributed by atoms with Crippen LogP contribution < -0.4 is 11.1 Å². The van der Waals surface area contributed by atoms with E-state index in [0.29, 0.717) is 18.7 Å². The van der Waals surface area contributed by atoms with Crippen molar-refractivity contribution in [2.24, 2.45) is 16.3 Å². The highest BCUT2D eigenvalue weighted by Crippen LogP contribution is 2.28. The van der Waals surface area contributed by atoms with Crippen molar-refractivity contribution in [1.82, 2.24) is 15.3 Å². The maximum atomic E-state index is 12.4. The predicted octanol–water partition coefficient (Wildman–Crippen LogP) is 1.14. The molecule has 1 amide bonds. The lowest BCUT2D eigenvalue weighted by Gasteiger charge is -2.29. The number of nitrogens with two attached hydrogens (primary N) is 1.